The summed E-state index contributed by atoms with van der Waals surface area (Å²) >= 11 is 1.71. The summed E-state index contributed by atoms with van der Waals surface area (Å²) in [6, 6.07) is 2.56. The summed E-state index contributed by atoms with van der Waals surface area (Å²) in [5.74, 6) is 0. The molecule has 0 aliphatic carbocycles. The molecular formula is C13H22N2OS. The van der Waals surface area contributed by atoms with E-state index in [1.54, 1.807) is 11.3 Å². The average Bonchev–Trinajstić information content (AvgIpc) is 2.70. The average molecular weight is 254 g/mol. The van der Waals surface area contributed by atoms with Crippen molar-refractivity contribution in [2.75, 3.05) is 33.7 Å². The van der Waals surface area contributed by atoms with E-state index in [-0.39, 0.29) is 6.10 Å². The van der Waals surface area contributed by atoms with Gasteiger partial charge in [0, 0.05) is 30.6 Å². The first kappa shape index (κ1) is 13.0. The van der Waals surface area contributed by atoms with Crippen LogP contribution in [0.4, 0.5) is 0 Å². The van der Waals surface area contributed by atoms with Crippen molar-refractivity contribution in [2.45, 2.75) is 25.5 Å². The van der Waals surface area contributed by atoms with Crippen LogP contribution in [-0.2, 0) is 0 Å². The van der Waals surface area contributed by atoms with Gasteiger partial charge in [0.1, 0.15) is 0 Å². The number of aliphatic hydroxyl groups excluding tert-OH is 1. The van der Waals surface area contributed by atoms with Crippen LogP contribution in [0.25, 0.3) is 0 Å². The van der Waals surface area contributed by atoms with Gasteiger partial charge in [0.05, 0.1) is 6.10 Å². The highest BCUT2D eigenvalue weighted by Gasteiger charge is 2.25. The first-order valence-corrected chi connectivity index (χ1v) is 7.06. The minimum absolute atomic E-state index is 0.320. The fourth-order valence-electron chi connectivity index (χ4n) is 2.39. The maximum Gasteiger partial charge on any atom is 0.0813 e. The Bertz CT molecular complexity index is 366. The Hall–Kier alpha value is -0.420. The van der Waals surface area contributed by atoms with Crippen LogP contribution in [0.3, 0.4) is 0 Å². The van der Waals surface area contributed by atoms with E-state index in [2.05, 4.69) is 42.3 Å². The van der Waals surface area contributed by atoms with E-state index in [1.165, 1.54) is 4.88 Å². The molecule has 0 spiro atoms. The maximum absolute atomic E-state index is 10.3. The third-order valence-corrected chi connectivity index (χ3v) is 4.49. The van der Waals surface area contributed by atoms with Gasteiger partial charge in [-0.3, -0.25) is 0 Å². The van der Waals surface area contributed by atoms with Gasteiger partial charge in [0.25, 0.3) is 0 Å². The molecule has 1 fully saturated rings. The predicted molar refractivity (Wildman–Crippen MR) is 72.5 cm³/mol. The predicted octanol–water partition coefficient (Wildman–Crippen LogP) is 1.73. The first-order chi connectivity index (χ1) is 8.06. The van der Waals surface area contributed by atoms with Crippen molar-refractivity contribution in [3.05, 3.63) is 21.9 Å². The van der Waals surface area contributed by atoms with E-state index >= 15 is 0 Å². The quantitative estimate of drug-likeness (QED) is 0.890. The summed E-state index contributed by atoms with van der Waals surface area (Å²) in [4.78, 5) is 5.98. The lowest BCUT2D eigenvalue weighted by Gasteiger charge is -2.38. The fourth-order valence-corrected chi connectivity index (χ4v) is 3.14. The summed E-state index contributed by atoms with van der Waals surface area (Å²) in [5, 5.41) is 12.3. The Morgan fingerprint density at radius 2 is 2.24 bits per heavy atom. The second-order valence-electron chi connectivity index (χ2n) is 5.14. The summed E-state index contributed by atoms with van der Waals surface area (Å²) < 4.78 is 0. The molecule has 1 aromatic heterocycles. The van der Waals surface area contributed by atoms with Crippen LogP contribution in [0.15, 0.2) is 11.4 Å². The molecule has 17 heavy (non-hydrogen) atoms. The highest BCUT2D eigenvalue weighted by Crippen LogP contribution is 2.25. The van der Waals surface area contributed by atoms with E-state index in [1.807, 2.05) is 0 Å². The van der Waals surface area contributed by atoms with Gasteiger partial charge in [-0.1, -0.05) is 0 Å². The van der Waals surface area contributed by atoms with E-state index in [0.29, 0.717) is 6.04 Å². The van der Waals surface area contributed by atoms with Gasteiger partial charge in [-0.15, -0.1) is 11.3 Å². The van der Waals surface area contributed by atoms with E-state index in [0.717, 1.165) is 31.6 Å². The molecule has 96 valence electrons. The standard InChI is InChI=1S/C13H22N2OS/c1-10-6-11(9-17-10)13(16)7-12-8-14(2)4-5-15(12)3/h6,9,12-13,16H,4-5,7-8H2,1-3H3. The molecule has 0 aromatic carbocycles. The molecule has 2 rings (SSSR count). The van der Waals surface area contributed by atoms with Crippen molar-refractivity contribution >= 4 is 11.3 Å². The van der Waals surface area contributed by atoms with Crippen molar-refractivity contribution in [2.24, 2.45) is 0 Å². The van der Waals surface area contributed by atoms with Gasteiger partial charge in [-0.25, -0.2) is 0 Å². The Morgan fingerprint density at radius 3 is 2.88 bits per heavy atom. The Balaban J connectivity index is 1.95. The van der Waals surface area contributed by atoms with Crippen molar-refractivity contribution < 1.29 is 5.11 Å². The van der Waals surface area contributed by atoms with Gasteiger partial charge >= 0.3 is 0 Å². The highest BCUT2D eigenvalue weighted by atomic mass is 32.1. The second-order valence-corrected chi connectivity index (χ2v) is 6.25. The van der Waals surface area contributed by atoms with Crippen LogP contribution in [-0.4, -0.2) is 54.7 Å². The van der Waals surface area contributed by atoms with Crippen molar-refractivity contribution in [1.29, 1.82) is 0 Å². The molecule has 2 heterocycles. The molecule has 1 aromatic rings. The van der Waals surface area contributed by atoms with Crippen LogP contribution >= 0.6 is 11.3 Å². The first-order valence-electron chi connectivity index (χ1n) is 6.18. The summed E-state index contributed by atoms with van der Waals surface area (Å²) in [5.41, 5.74) is 1.08. The largest absolute Gasteiger partial charge is 0.388 e. The summed E-state index contributed by atoms with van der Waals surface area (Å²) in [6.45, 7) is 5.36. The zero-order chi connectivity index (χ0) is 12.4. The Kier molecular flexibility index (Phi) is 4.20. The van der Waals surface area contributed by atoms with Crippen molar-refractivity contribution in [1.82, 2.24) is 9.80 Å². The van der Waals surface area contributed by atoms with Crippen LogP contribution in [0.2, 0.25) is 0 Å². The molecule has 2 atom stereocenters. The van der Waals surface area contributed by atoms with E-state index in [9.17, 15) is 5.11 Å². The van der Waals surface area contributed by atoms with Crippen LogP contribution in [0, 0.1) is 6.92 Å². The third-order valence-electron chi connectivity index (χ3n) is 3.61. The number of likely N-dealkylation sites (N-methyl/N-ethyl adjacent to an activating group) is 2. The number of aliphatic hydroxyl groups is 1. The molecule has 3 nitrogen and oxygen atoms in total. The molecule has 1 saturated heterocycles. The van der Waals surface area contributed by atoms with Crippen LogP contribution in [0.5, 0.6) is 0 Å². The van der Waals surface area contributed by atoms with Crippen molar-refractivity contribution in [3.63, 3.8) is 0 Å². The molecule has 2 unspecified atom stereocenters. The lowest BCUT2D eigenvalue weighted by molar-refractivity contribution is 0.0636. The minimum Gasteiger partial charge on any atom is -0.388 e. The lowest BCUT2D eigenvalue weighted by atomic mass is 10.0. The molecular weight excluding hydrogens is 232 g/mol. The number of piperazine rings is 1. The van der Waals surface area contributed by atoms with Gasteiger partial charge in [-0.2, -0.15) is 0 Å². The Morgan fingerprint density at radius 1 is 1.47 bits per heavy atom. The van der Waals surface area contributed by atoms with Crippen LogP contribution in [0.1, 0.15) is 23.0 Å². The number of hydrogen-bond donors (Lipinski definition) is 1. The number of aryl methyl sites for hydroxylation is 1. The molecule has 0 bridgehead atoms. The lowest BCUT2D eigenvalue weighted by Crippen LogP contribution is -2.50. The molecule has 1 aliphatic heterocycles. The molecule has 4 heteroatoms. The van der Waals surface area contributed by atoms with E-state index < -0.39 is 0 Å². The Labute approximate surface area is 108 Å². The second kappa shape index (κ2) is 5.48. The monoisotopic (exact) mass is 254 g/mol. The third kappa shape index (κ3) is 3.28. The fraction of sp³-hybridized carbons (Fsp3) is 0.692. The molecule has 0 amide bonds. The molecule has 1 aliphatic rings. The topological polar surface area (TPSA) is 26.7 Å². The zero-order valence-electron chi connectivity index (χ0n) is 10.9. The summed E-state index contributed by atoms with van der Waals surface area (Å²) in [7, 11) is 4.31. The van der Waals surface area contributed by atoms with Gasteiger partial charge in [0.15, 0.2) is 0 Å². The van der Waals surface area contributed by atoms with Gasteiger partial charge < -0.3 is 14.9 Å². The normalized spacial score (nSPS) is 25.1. The van der Waals surface area contributed by atoms with E-state index in [4.69, 9.17) is 0 Å². The number of thiophene rings is 1. The minimum atomic E-state index is -0.320. The zero-order valence-corrected chi connectivity index (χ0v) is 11.7. The molecule has 1 N–H and O–H groups in total. The van der Waals surface area contributed by atoms with Crippen LogP contribution < -0.4 is 0 Å². The number of nitrogens with zero attached hydrogens (tertiary/aromatic N) is 2. The summed E-state index contributed by atoms with van der Waals surface area (Å²) in [6.07, 6.45) is 0.510. The van der Waals surface area contributed by atoms with Gasteiger partial charge in [0.2, 0.25) is 0 Å². The SMILES string of the molecule is Cc1cc(C(O)CC2CN(C)CCN2C)cs1. The van der Waals surface area contributed by atoms with Crippen molar-refractivity contribution in [3.8, 4) is 0 Å². The smallest absolute Gasteiger partial charge is 0.0813 e. The van der Waals surface area contributed by atoms with Gasteiger partial charge in [-0.05, 0) is 44.4 Å². The highest BCUT2D eigenvalue weighted by molar-refractivity contribution is 7.10. The number of rotatable bonds is 3. The molecule has 0 saturated carbocycles. The maximum atomic E-state index is 10.3. The molecule has 0 radical (unpaired) electrons. The number of hydrogen-bond acceptors (Lipinski definition) is 4.